The topological polar surface area (TPSA) is 92.8 Å². The van der Waals surface area contributed by atoms with Crippen molar-refractivity contribution in [1.82, 2.24) is 4.90 Å². The summed E-state index contributed by atoms with van der Waals surface area (Å²) >= 11 is 6.05. The second-order valence-electron chi connectivity index (χ2n) is 6.38. The zero-order chi connectivity index (χ0) is 21.1. The summed E-state index contributed by atoms with van der Waals surface area (Å²) in [5.41, 5.74) is 1.73. The number of nitrogens with zero attached hydrogens (tertiary/aromatic N) is 1. The lowest BCUT2D eigenvalue weighted by molar-refractivity contribution is -0.119. The zero-order valence-corrected chi connectivity index (χ0v) is 16.3. The van der Waals surface area contributed by atoms with Gasteiger partial charge >= 0.3 is 5.97 Å². The summed E-state index contributed by atoms with van der Waals surface area (Å²) in [5.74, 6) is -2.31. The fraction of sp³-hybridized carbons (Fsp3) is 0.143. The summed E-state index contributed by atoms with van der Waals surface area (Å²) in [7, 11) is 0. The summed E-state index contributed by atoms with van der Waals surface area (Å²) in [6.45, 7) is 4.93. The molecular weight excluding hydrogens is 396 g/mol. The number of carbonyl (C=O) groups is 4. The third kappa shape index (κ3) is 4.20. The van der Waals surface area contributed by atoms with Crippen molar-refractivity contribution in [3.8, 4) is 0 Å². The van der Waals surface area contributed by atoms with Gasteiger partial charge in [-0.25, -0.2) is 4.79 Å². The van der Waals surface area contributed by atoms with Gasteiger partial charge in [-0.3, -0.25) is 19.3 Å². The van der Waals surface area contributed by atoms with E-state index in [1.54, 1.807) is 18.2 Å². The molecule has 0 saturated carbocycles. The Balaban J connectivity index is 1.65. The van der Waals surface area contributed by atoms with Gasteiger partial charge in [0, 0.05) is 6.54 Å². The highest BCUT2D eigenvalue weighted by Crippen LogP contribution is 2.25. The first-order valence-corrected chi connectivity index (χ1v) is 9.04. The first-order chi connectivity index (χ1) is 13.8. The molecule has 0 aliphatic carbocycles. The molecule has 0 spiro atoms. The minimum atomic E-state index is -0.791. The Hall–Kier alpha value is -3.45. The van der Waals surface area contributed by atoms with Crippen LogP contribution in [0.15, 0.2) is 49.1 Å². The monoisotopic (exact) mass is 412 g/mol. The largest absolute Gasteiger partial charge is 0.452 e. The molecule has 1 heterocycles. The molecule has 2 aromatic rings. The maximum absolute atomic E-state index is 12.3. The van der Waals surface area contributed by atoms with E-state index < -0.39 is 30.3 Å². The van der Waals surface area contributed by atoms with Crippen molar-refractivity contribution < 1.29 is 23.9 Å². The van der Waals surface area contributed by atoms with Gasteiger partial charge in [-0.05, 0) is 42.8 Å². The van der Waals surface area contributed by atoms with Gasteiger partial charge in [0.2, 0.25) is 0 Å². The second-order valence-corrected chi connectivity index (χ2v) is 6.78. The standard InChI is InChI=1S/C21H17ClN2O5/c1-3-8-24-19(26)14-6-5-13(10-15(14)20(24)27)21(28)29-11-18(25)23-17-7-4-12(2)9-16(17)22/h3-7,9-10H,1,8,11H2,2H3,(H,23,25). The third-order valence-electron chi connectivity index (χ3n) is 4.25. The molecule has 1 N–H and O–H groups in total. The number of ether oxygens (including phenoxy) is 1. The number of benzene rings is 2. The number of halogens is 1. The second kappa shape index (κ2) is 8.28. The summed E-state index contributed by atoms with van der Waals surface area (Å²) in [4.78, 5) is 49.8. The van der Waals surface area contributed by atoms with Gasteiger partial charge in [0.05, 0.1) is 27.4 Å². The zero-order valence-electron chi connectivity index (χ0n) is 15.5. The predicted octanol–water partition coefficient (Wildman–Crippen LogP) is 3.23. The summed E-state index contributed by atoms with van der Waals surface area (Å²) < 4.78 is 5.00. The van der Waals surface area contributed by atoms with E-state index in [0.29, 0.717) is 10.7 Å². The van der Waals surface area contributed by atoms with Crippen LogP contribution in [-0.4, -0.2) is 41.7 Å². The molecule has 0 saturated heterocycles. The van der Waals surface area contributed by atoms with Crippen molar-refractivity contribution in [1.29, 1.82) is 0 Å². The highest BCUT2D eigenvalue weighted by atomic mass is 35.5. The number of amides is 3. The third-order valence-corrected chi connectivity index (χ3v) is 4.56. The number of carbonyl (C=O) groups excluding carboxylic acids is 4. The molecule has 0 bridgehead atoms. The number of fused-ring (bicyclic) bond motifs is 1. The molecule has 1 aliphatic rings. The van der Waals surface area contributed by atoms with Crippen LogP contribution < -0.4 is 5.32 Å². The van der Waals surface area contributed by atoms with E-state index >= 15 is 0 Å². The van der Waals surface area contributed by atoms with Crippen LogP contribution in [0.3, 0.4) is 0 Å². The van der Waals surface area contributed by atoms with Gasteiger partial charge in [0.15, 0.2) is 6.61 Å². The van der Waals surface area contributed by atoms with Crippen molar-refractivity contribution in [3.05, 3.63) is 76.3 Å². The van der Waals surface area contributed by atoms with Crippen LogP contribution in [0.4, 0.5) is 5.69 Å². The molecule has 8 heteroatoms. The molecule has 0 atom stereocenters. The first-order valence-electron chi connectivity index (χ1n) is 8.66. The lowest BCUT2D eigenvalue weighted by Gasteiger charge is -2.09. The van der Waals surface area contributed by atoms with Crippen LogP contribution >= 0.6 is 11.6 Å². The molecule has 7 nitrogen and oxygen atoms in total. The average Bonchev–Trinajstić information content (AvgIpc) is 2.93. The molecular formula is C21H17ClN2O5. The molecule has 0 fully saturated rings. The highest BCUT2D eigenvalue weighted by Gasteiger charge is 2.35. The molecule has 0 unspecified atom stereocenters. The van der Waals surface area contributed by atoms with Crippen molar-refractivity contribution >= 4 is 41.0 Å². The molecule has 29 heavy (non-hydrogen) atoms. The van der Waals surface area contributed by atoms with Gasteiger partial charge in [-0.2, -0.15) is 0 Å². The van der Waals surface area contributed by atoms with E-state index in [2.05, 4.69) is 11.9 Å². The molecule has 3 amide bonds. The Labute approximate surface area is 171 Å². The number of rotatable bonds is 6. The van der Waals surface area contributed by atoms with Crippen molar-refractivity contribution in [2.45, 2.75) is 6.92 Å². The van der Waals surface area contributed by atoms with Gasteiger partial charge in [-0.15, -0.1) is 6.58 Å². The van der Waals surface area contributed by atoms with Crippen LogP contribution in [0.2, 0.25) is 5.02 Å². The summed E-state index contributed by atoms with van der Waals surface area (Å²) in [6.07, 6.45) is 1.44. The minimum Gasteiger partial charge on any atom is -0.452 e. The van der Waals surface area contributed by atoms with Crippen LogP contribution in [-0.2, 0) is 9.53 Å². The fourth-order valence-corrected chi connectivity index (χ4v) is 3.12. The Morgan fingerprint density at radius 1 is 1.14 bits per heavy atom. The van der Waals surface area contributed by atoms with Gasteiger partial charge < -0.3 is 10.1 Å². The first kappa shape index (κ1) is 20.3. The number of hydrogen-bond acceptors (Lipinski definition) is 5. The maximum atomic E-state index is 12.3. The van der Waals surface area contributed by atoms with E-state index in [0.717, 1.165) is 10.5 Å². The summed E-state index contributed by atoms with van der Waals surface area (Å²) in [6, 6.07) is 9.18. The lowest BCUT2D eigenvalue weighted by atomic mass is 10.1. The normalized spacial score (nSPS) is 12.6. The molecule has 148 valence electrons. The quantitative estimate of drug-likeness (QED) is 0.446. The molecule has 3 rings (SSSR count). The van der Waals surface area contributed by atoms with Crippen LogP contribution in [0.1, 0.15) is 36.6 Å². The Bertz CT molecular complexity index is 1050. The Kier molecular flexibility index (Phi) is 5.79. The van der Waals surface area contributed by atoms with E-state index in [-0.39, 0.29) is 23.2 Å². The SMILES string of the molecule is C=CCN1C(=O)c2ccc(C(=O)OCC(=O)Nc3ccc(C)cc3Cl)cc2C1=O. The maximum Gasteiger partial charge on any atom is 0.338 e. The fourth-order valence-electron chi connectivity index (χ4n) is 2.83. The van der Waals surface area contributed by atoms with E-state index in [4.69, 9.17) is 16.3 Å². The van der Waals surface area contributed by atoms with Crippen LogP contribution in [0, 0.1) is 6.92 Å². The number of nitrogens with one attached hydrogen (secondary N) is 1. The van der Waals surface area contributed by atoms with E-state index in [1.807, 2.05) is 6.92 Å². The van der Waals surface area contributed by atoms with E-state index in [9.17, 15) is 19.2 Å². The van der Waals surface area contributed by atoms with Crippen molar-refractivity contribution in [2.24, 2.45) is 0 Å². The van der Waals surface area contributed by atoms with Gasteiger partial charge in [0.1, 0.15) is 0 Å². The minimum absolute atomic E-state index is 0.0616. The van der Waals surface area contributed by atoms with Gasteiger partial charge in [-0.1, -0.05) is 23.7 Å². The summed E-state index contributed by atoms with van der Waals surface area (Å²) in [5, 5.41) is 2.93. The number of imide groups is 1. The smallest absolute Gasteiger partial charge is 0.338 e. The highest BCUT2D eigenvalue weighted by molar-refractivity contribution is 6.33. The molecule has 0 radical (unpaired) electrons. The Morgan fingerprint density at radius 2 is 1.86 bits per heavy atom. The number of hydrogen-bond donors (Lipinski definition) is 1. The number of aryl methyl sites for hydroxylation is 1. The Morgan fingerprint density at radius 3 is 2.55 bits per heavy atom. The lowest BCUT2D eigenvalue weighted by Crippen LogP contribution is -2.29. The van der Waals surface area contributed by atoms with E-state index in [1.165, 1.54) is 24.3 Å². The van der Waals surface area contributed by atoms with Gasteiger partial charge in [0.25, 0.3) is 17.7 Å². The predicted molar refractivity (Wildman–Crippen MR) is 107 cm³/mol. The molecule has 1 aliphatic heterocycles. The number of esters is 1. The van der Waals surface area contributed by atoms with Crippen molar-refractivity contribution in [2.75, 3.05) is 18.5 Å². The molecule has 0 aromatic heterocycles. The average molecular weight is 413 g/mol. The van der Waals surface area contributed by atoms with Crippen LogP contribution in [0.25, 0.3) is 0 Å². The van der Waals surface area contributed by atoms with Crippen molar-refractivity contribution in [3.63, 3.8) is 0 Å². The number of anilines is 1. The van der Waals surface area contributed by atoms with Crippen LogP contribution in [0.5, 0.6) is 0 Å². The molecule has 2 aromatic carbocycles.